The summed E-state index contributed by atoms with van der Waals surface area (Å²) in [6.07, 6.45) is 1.70. The summed E-state index contributed by atoms with van der Waals surface area (Å²) in [5, 5.41) is 0.538. The fraction of sp³-hybridized carbons (Fsp3) is 0.333. The highest BCUT2D eigenvalue weighted by atomic mass is 35.5. The maximum Gasteiger partial charge on any atom is 0.295 e. The van der Waals surface area contributed by atoms with Crippen molar-refractivity contribution in [2.24, 2.45) is 0 Å². The van der Waals surface area contributed by atoms with Gasteiger partial charge >= 0.3 is 0 Å². The number of anilines is 1. The van der Waals surface area contributed by atoms with Gasteiger partial charge in [-0.2, -0.15) is 4.98 Å². The zero-order chi connectivity index (χ0) is 18.6. The molecule has 0 saturated carbocycles. The first-order valence-corrected chi connectivity index (χ1v) is 10.5. The lowest BCUT2D eigenvalue weighted by Crippen LogP contribution is -2.36. The molecule has 1 N–H and O–H groups in total. The number of ether oxygens (including phenoxy) is 2. The summed E-state index contributed by atoms with van der Waals surface area (Å²) >= 11 is 6.52. The molecule has 3 heterocycles. The van der Waals surface area contributed by atoms with Crippen LogP contribution in [0, 0.1) is 0 Å². The van der Waals surface area contributed by atoms with E-state index in [-0.39, 0.29) is 11.7 Å². The third kappa shape index (κ3) is 4.23. The van der Waals surface area contributed by atoms with E-state index in [0.29, 0.717) is 29.9 Å². The van der Waals surface area contributed by atoms with E-state index in [9.17, 15) is 4.21 Å². The van der Waals surface area contributed by atoms with Gasteiger partial charge in [0.15, 0.2) is 5.94 Å². The molecule has 4 rings (SSSR count). The number of pyridine rings is 1. The maximum absolute atomic E-state index is 12.5. The van der Waals surface area contributed by atoms with E-state index in [4.69, 9.17) is 21.1 Å². The monoisotopic (exact) mass is 406 g/mol. The van der Waals surface area contributed by atoms with E-state index in [0.717, 1.165) is 29.8 Å². The Bertz CT molecular complexity index is 926. The van der Waals surface area contributed by atoms with Crippen molar-refractivity contribution in [1.29, 1.82) is 0 Å². The molecule has 27 heavy (non-hydrogen) atoms. The van der Waals surface area contributed by atoms with Crippen LogP contribution in [-0.4, -0.2) is 51.4 Å². The van der Waals surface area contributed by atoms with E-state index in [1.165, 1.54) is 0 Å². The van der Waals surface area contributed by atoms with E-state index in [1.54, 1.807) is 6.20 Å². The van der Waals surface area contributed by atoms with Crippen LogP contribution in [0.1, 0.15) is 5.69 Å². The summed E-state index contributed by atoms with van der Waals surface area (Å²) in [4.78, 5) is 13.8. The Morgan fingerprint density at radius 3 is 2.89 bits per heavy atom. The van der Waals surface area contributed by atoms with Crippen LogP contribution >= 0.6 is 11.6 Å². The van der Waals surface area contributed by atoms with Crippen LogP contribution in [0.25, 0.3) is 11.0 Å². The number of hydrogen-bond acceptors (Lipinski definition) is 6. The first kappa shape index (κ1) is 18.2. The van der Waals surface area contributed by atoms with E-state index in [2.05, 4.69) is 19.9 Å². The predicted molar refractivity (Wildman–Crippen MR) is 106 cm³/mol. The second-order valence-electron chi connectivity index (χ2n) is 6.10. The SMILES string of the molecule is O=S(COc1nc2ccccc2[nH]1)Cc1nccc(N2CCOCC2)c1Cl. The van der Waals surface area contributed by atoms with Crippen molar-refractivity contribution in [1.82, 2.24) is 15.0 Å². The number of aromatic amines is 1. The van der Waals surface area contributed by atoms with Crippen molar-refractivity contribution in [3.63, 3.8) is 0 Å². The topological polar surface area (TPSA) is 80.3 Å². The lowest BCUT2D eigenvalue weighted by atomic mass is 10.3. The van der Waals surface area contributed by atoms with Crippen LogP contribution in [0.15, 0.2) is 36.5 Å². The molecular formula is C18H19ClN4O3S. The number of morpholine rings is 1. The Morgan fingerprint density at radius 1 is 1.26 bits per heavy atom. The average Bonchev–Trinajstić information content (AvgIpc) is 3.12. The van der Waals surface area contributed by atoms with Crippen molar-refractivity contribution in [3.05, 3.63) is 47.2 Å². The van der Waals surface area contributed by atoms with Gasteiger partial charge in [-0.1, -0.05) is 23.7 Å². The third-order valence-corrected chi connectivity index (χ3v) is 5.67. The third-order valence-electron chi connectivity index (χ3n) is 4.29. The molecule has 1 aromatic carbocycles. The average molecular weight is 407 g/mol. The number of aromatic nitrogens is 3. The van der Waals surface area contributed by atoms with Crippen molar-refractivity contribution in [2.75, 3.05) is 37.1 Å². The fourth-order valence-electron chi connectivity index (χ4n) is 2.94. The quantitative estimate of drug-likeness (QED) is 0.678. The molecule has 3 aromatic rings. The van der Waals surface area contributed by atoms with Crippen LogP contribution in [0.5, 0.6) is 6.01 Å². The molecule has 0 aliphatic carbocycles. The molecule has 0 amide bonds. The molecule has 1 unspecified atom stereocenters. The van der Waals surface area contributed by atoms with Gasteiger partial charge < -0.3 is 19.4 Å². The number of H-pyrrole nitrogens is 1. The maximum atomic E-state index is 12.5. The van der Waals surface area contributed by atoms with Crippen LogP contribution in [0.3, 0.4) is 0 Å². The molecule has 1 saturated heterocycles. The molecule has 0 spiro atoms. The standard InChI is InChI=1S/C18H19ClN4O3S/c19-17-15(20-6-5-16(17)23-7-9-25-10-8-23)11-27(24)12-26-18-21-13-3-1-2-4-14(13)22-18/h1-6H,7-12H2,(H,21,22). The number of imidazole rings is 1. The summed E-state index contributed by atoms with van der Waals surface area (Å²) < 4.78 is 23.4. The van der Waals surface area contributed by atoms with Crippen molar-refractivity contribution < 1.29 is 13.7 Å². The van der Waals surface area contributed by atoms with Gasteiger partial charge in [0.05, 0.1) is 57.2 Å². The van der Waals surface area contributed by atoms with Gasteiger partial charge in [0.25, 0.3) is 6.01 Å². The van der Waals surface area contributed by atoms with Crippen molar-refractivity contribution in [2.45, 2.75) is 5.75 Å². The Kier molecular flexibility index (Phi) is 5.56. The minimum Gasteiger partial charge on any atom is -0.451 e. The van der Waals surface area contributed by atoms with E-state index < -0.39 is 10.8 Å². The van der Waals surface area contributed by atoms with Crippen LogP contribution in [-0.2, 0) is 21.3 Å². The smallest absolute Gasteiger partial charge is 0.295 e. The van der Waals surface area contributed by atoms with Gasteiger partial charge in [-0.25, -0.2) is 0 Å². The Balaban J connectivity index is 1.40. The van der Waals surface area contributed by atoms with Gasteiger partial charge in [0.1, 0.15) is 0 Å². The molecule has 0 bridgehead atoms. The van der Waals surface area contributed by atoms with Crippen molar-refractivity contribution >= 4 is 39.1 Å². The van der Waals surface area contributed by atoms with Gasteiger partial charge in [-0.15, -0.1) is 0 Å². The second kappa shape index (κ2) is 8.24. The molecule has 1 aliphatic heterocycles. The predicted octanol–water partition coefficient (Wildman–Crippen LogP) is 2.73. The van der Waals surface area contributed by atoms with Gasteiger partial charge in [-0.3, -0.25) is 9.19 Å². The van der Waals surface area contributed by atoms with Crippen molar-refractivity contribution in [3.8, 4) is 6.01 Å². The first-order chi connectivity index (χ1) is 13.2. The minimum absolute atomic E-state index is 0.0135. The molecule has 7 nitrogen and oxygen atoms in total. The van der Waals surface area contributed by atoms with E-state index in [1.807, 2.05) is 30.3 Å². The molecule has 1 aliphatic rings. The van der Waals surface area contributed by atoms with Crippen LogP contribution in [0.4, 0.5) is 5.69 Å². The van der Waals surface area contributed by atoms with Crippen LogP contribution < -0.4 is 9.64 Å². The number of rotatable bonds is 6. The molecular weight excluding hydrogens is 388 g/mol. The molecule has 0 radical (unpaired) electrons. The fourth-order valence-corrected chi connectivity index (χ4v) is 4.17. The van der Waals surface area contributed by atoms with Gasteiger partial charge in [-0.05, 0) is 18.2 Å². The highest BCUT2D eigenvalue weighted by Gasteiger charge is 2.18. The highest BCUT2D eigenvalue weighted by molar-refractivity contribution is 7.84. The Labute approximate surface area is 164 Å². The zero-order valence-corrected chi connectivity index (χ0v) is 16.1. The summed E-state index contributed by atoms with van der Waals surface area (Å²) in [6, 6.07) is 9.84. The summed E-state index contributed by atoms with van der Waals surface area (Å²) in [7, 11) is -1.29. The molecule has 1 atom stereocenters. The summed E-state index contributed by atoms with van der Waals surface area (Å²) in [6.45, 7) is 2.90. The second-order valence-corrected chi connectivity index (χ2v) is 7.88. The molecule has 142 valence electrons. The lowest BCUT2D eigenvalue weighted by molar-refractivity contribution is 0.122. The van der Waals surface area contributed by atoms with Gasteiger partial charge in [0, 0.05) is 19.3 Å². The Morgan fingerprint density at radius 2 is 2.07 bits per heavy atom. The first-order valence-electron chi connectivity index (χ1n) is 8.59. The van der Waals surface area contributed by atoms with Gasteiger partial charge in [0.2, 0.25) is 0 Å². The number of fused-ring (bicyclic) bond motifs is 1. The van der Waals surface area contributed by atoms with Crippen LogP contribution in [0.2, 0.25) is 5.02 Å². The highest BCUT2D eigenvalue weighted by Crippen LogP contribution is 2.29. The number of halogens is 1. The number of para-hydroxylation sites is 2. The molecule has 2 aromatic heterocycles. The largest absolute Gasteiger partial charge is 0.451 e. The number of benzene rings is 1. The number of nitrogens with zero attached hydrogens (tertiary/aromatic N) is 3. The lowest BCUT2D eigenvalue weighted by Gasteiger charge is -2.29. The summed E-state index contributed by atoms with van der Waals surface area (Å²) in [5.41, 5.74) is 3.19. The van der Waals surface area contributed by atoms with E-state index >= 15 is 0 Å². The zero-order valence-electron chi connectivity index (χ0n) is 14.6. The normalized spacial score (nSPS) is 15.8. The molecule has 9 heteroatoms. The number of nitrogens with one attached hydrogen (secondary N) is 1. The molecule has 1 fully saturated rings. The summed E-state index contributed by atoms with van der Waals surface area (Å²) in [5.74, 6) is 0.233. The Hall–Kier alpha value is -2.16. The minimum atomic E-state index is -1.29. The number of hydrogen-bond donors (Lipinski definition) is 1.